The van der Waals surface area contributed by atoms with E-state index >= 15 is 0 Å². The van der Waals surface area contributed by atoms with Crippen LogP contribution in [-0.2, 0) is 11.3 Å². The van der Waals surface area contributed by atoms with Gasteiger partial charge in [-0.1, -0.05) is 0 Å². The Morgan fingerprint density at radius 3 is 2.90 bits per heavy atom. The predicted octanol–water partition coefficient (Wildman–Crippen LogP) is -1.46. The predicted molar refractivity (Wildman–Crippen MR) is 73.0 cm³/mol. The summed E-state index contributed by atoms with van der Waals surface area (Å²) in [5, 5.41) is 0. The second-order valence-corrected chi connectivity index (χ2v) is 6.08. The fourth-order valence-electron chi connectivity index (χ4n) is 1.68. The second-order valence-electron chi connectivity index (χ2n) is 4.24. The summed E-state index contributed by atoms with van der Waals surface area (Å²) in [5.41, 5.74) is 5.64. The van der Waals surface area contributed by atoms with Gasteiger partial charge in [0.2, 0.25) is 0 Å². The van der Waals surface area contributed by atoms with Gasteiger partial charge in [0.1, 0.15) is 0 Å². The maximum absolute atomic E-state index is 11.5. The van der Waals surface area contributed by atoms with Crippen LogP contribution in [0.4, 0.5) is 5.95 Å². The first-order valence-corrected chi connectivity index (χ1v) is 7.87. The van der Waals surface area contributed by atoms with E-state index in [0.29, 0.717) is 18.6 Å². The molecule has 0 unspecified atom stereocenters. The number of nitrogens with zero attached hydrogens (tertiary/aromatic N) is 3. The van der Waals surface area contributed by atoms with Crippen molar-refractivity contribution < 1.29 is 19.4 Å². The van der Waals surface area contributed by atoms with Crippen LogP contribution in [0.15, 0.2) is 11.1 Å². The summed E-state index contributed by atoms with van der Waals surface area (Å²) in [6.07, 6.45) is 1.52. The van der Waals surface area contributed by atoms with Crippen LogP contribution in [0.5, 0.6) is 0 Å². The number of ether oxygens (including phenoxy) is 1. The number of rotatable bonds is 6. The maximum atomic E-state index is 11.5. The van der Waals surface area contributed by atoms with Crippen LogP contribution in [0, 0.1) is 0 Å². The number of aromatic amines is 1. The molecule has 0 spiro atoms. The molecule has 0 aliphatic rings. The molecular formula is C9H16N5O5P. The summed E-state index contributed by atoms with van der Waals surface area (Å²) < 4.78 is 6.57. The summed E-state index contributed by atoms with van der Waals surface area (Å²) in [6, 6.07) is 0. The molecule has 20 heavy (non-hydrogen) atoms. The molecule has 6 N–H and O–H groups in total. The van der Waals surface area contributed by atoms with Crippen molar-refractivity contribution in [3.05, 3.63) is 16.7 Å². The molecule has 0 saturated heterocycles. The molecule has 11 heteroatoms. The second kappa shape index (κ2) is 5.81. The first kappa shape index (κ1) is 14.8. The molecule has 10 nitrogen and oxygen atoms in total. The Bertz CT molecular complexity index is 648. The van der Waals surface area contributed by atoms with E-state index in [9.17, 15) is 4.79 Å². The summed E-state index contributed by atoms with van der Waals surface area (Å²) in [4.78, 5) is 48.1. The molecule has 2 aromatic heterocycles. The minimum atomic E-state index is -4.15. The number of aryl methyl sites for hydroxylation is 1. The van der Waals surface area contributed by atoms with E-state index in [4.69, 9.17) is 25.2 Å². The van der Waals surface area contributed by atoms with Gasteiger partial charge in [-0.25, -0.2) is 0 Å². The molecule has 0 radical (unpaired) electrons. The molecule has 0 fully saturated rings. The average Bonchev–Trinajstić information content (AvgIpc) is 2.70. The number of hydrogen-bond acceptors (Lipinski definition) is 8. The van der Waals surface area contributed by atoms with Crippen molar-refractivity contribution in [2.75, 3.05) is 18.7 Å². The molecular weight excluding hydrogens is 289 g/mol. The fraction of sp³-hybridized carbons (Fsp3) is 0.444. The van der Waals surface area contributed by atoms with Crippen molar-refractivity contribution in [2.24, 2.45) is 0 Å². The van der Waals surface area contributed by atoms with Crippen LogP contribution in [-0.4, -0.2) is 47.2 Å². The van der Waals surface area contributed by atoms with Crippen LogP contribution in [0.1, 0.15) is 6.42 Å². The van der Waals surface area contributed by atoms with Crippen molar-refractivity contribution in [1.82, 2.24) is 19.5 Å². The number of nitrogens with two attached hydrogens (primary N) is 1. The van der Waals surface area contributed by atoms with Gasteiger partial charge >= 0.3 is 112 Å². The third-order valence-corrected chi connectivity index (χ3v) is 3.07. The SMILES string of the molecule is Nc1nc2c(ncn2CCCOC[PH](O)(O)O)c(=O)[nH]1. The number of hydrogen-bond donors (Lipinski definition) is 5. The van der Waals surface area contributed by atoms with Gasteiger partial charge in [0.25, 0.3) is 0 Å². The van der Waals surface area contributed by atoms with Crippen molar-refractivity contribution in [3.8, 4) is 0 Å². The van der Waals surface area contributed by atoms with Gasteiger partial charge in [-0.05, 0) is 0 Å². The Hall–Kier alpha value is -1.58. The van der Waals surface area contributed by atoms with E-state index in [1.165, 1.54) is 6.33 Å². The van der Waals surface area contributed by atoms with Crippen LogP contribution in [0.3, 0.4) is 0 Å². The van der Waals surface area contributed by atoms with Crippen LogP contribution in [0.25, 0.3) is 11.2 Å². The molecule has 2 rings (SSSR count). The fourth-order valence-corrected chi connectivity index (χ4v) is 2.10. The zero-order valence-corrected chi connectivity index (χ0v) is 11.5. The van der Waals surface area contributed by atoms with Gasteiger partial charge in [0.15, 0.2) is 0 Å². The van der Waals surface area contributed by atoms with E-state index in [-0.39, 0.29) is 18.1 Å². The van der Waals surface area contributed by atoms with Crippen LogP contribution in [0.2, 0.25) is 0 Å². The zero-order valence-electron chi connectivity index (χ0n) is 10.5. The molecule has 0 amide bonds. The Labute approximate surface area is 113 Å². The van der Waals surface area contributed by atoms with Crippen molar-refractivity contribution in [1.29, 1.82) is 0 Å². The molecule has 0 bridgehead atoms. The number of nitrogens with one attached hydrogen (secondary N) is 1. The normalized spacial score (nSPS) is 12.9. The molecule has 0 aliphatic carbocycles. The molecule has 2 aromatic rings. The third-order valence-electron chi connectivity index (χ3n) is 2.48. The Balaban J connectivity index is 1.96. The van der Waals surface area contributed by atoms with E-state index in [1.54, 1.807) is 4.57 Å². The summed E-state index contributed by atoms with van der Waals surface area (Å²) in [7, 11) is -4.15. The summed E-state index contributed by atoms with van der Waals surface area (Å²) in [6.45, 7) is 0.679. The van der Waals surface area contributed by atoms with E-state index in [1.807, 2.05) is 0 Å². The van der Waals surface area contributed by atoms with Gasteiger partial charge in [0.05, 0.1) is 0 Å². The standard InChI is InChI=1S/C9H16N5O5P/c10-9-12-7-6(8(15)13-9)11-4-14(7)2-1-3-19-5-20(16,17)18/h4,16-18,20H,1-3,5H2,(H3,10,12,13,15). The number of nitrogen functional groups attached to an aromatic ring is 1. The van der Waals surface area contributed by atoms with E-state index < -0.39 is 19.9 Å². The Morgan fingerprint density at radius 1 is 1.45 bits per heavy atom. The van der Waals surface area contributed by atoms with Crippen molar-refractivity contribution in [3.63, 3.8) is 0 Å². The third kappa shape index (κ3) is 3.71. The molecule has 0 aromatic carbocycles. The number of imidazole rings is 1. The topological polar surface area (TPSA) is 160 Å². The van der Waals surface area contributed by atoms with Gasteiger partial charge in [0, 0.05) is 0 Å². The number of fused-ring (bicyclic) bond motifs is 1. The van der Waals surface area contributed by atoms with Crippen molar-refractivity contribution in [2.45, 2.75) is 13.0 Å². The molecule has 2 heterocycles. The van der Waals surface area contributed by atoms with E-state index in [2.05, 4.69) is 15.0 Å². The minimum absolute atomic E-state index is 0.0112. The number of anilines is 1. The molecule has 0 saturated carbocycles. The monoisotopic (exact) mass is 305 g/mol. The molecule has 0 aliphatic heterocycles. The van der Waals surface area contributed by atoms with Gasteiger partial charge in [-0.15, -0.1) is 0 Å². The number of aromatic nitrogens is 4. The first-order valence-electron chi connectivity index (χ1n) is 5.82. The zero-order chi connectivity index (χ0) is 14.8. The Kier molecular flexibility index (Phi) is 4.31. The Morgan fingerprint density at radius 2 is 2.20 bits per heavy atom. The average molecular weight is 305 g/mol. The van der Waals surface area contributed by atoms with Crippen molar-refractivity contribution >= 4 is 25.1 Å². The van der Waals surface area contributed by atoms with Gasteiger partial charge < -0.3 is 0 Å². The number of H-pyrrole nitrogens is 1. The van der Waals surface area contributed by atoms with Crippen LogP contribution < -0.4 is 11.3 Å². The molecule has 112 valence electrons. The van der Waals surface area contributed by atoms with Gasteiger partial charge in [-0.3, -0.25) is 0 Å². The van der Waals surface area contributed by atoms with E-state index in [0.717, 1.165) is 0 Å². The first-order chi connectivity index (χ1) is 9.37. The quantitative estimate of drug-likeness (QED) is 0.319. The summed E-state index contributed by atoms with van der Waals surface area (Å²) >= 11 is 0. The van der Waals surface area contributed by atoms with Crippen LogP contribution >= 0.6 is 7.94 Å². The van der Waals surface area contributed by atoms with Gasteiger partial charge in [-0.2, -0.15) is 0 Å². The summed E-state index contributed by atoms with van der Waals surface area (Å²) in [5.74, 6) is 0.0112. The molecule has 0 atom stereocenters.